The first-order valence-electron chi connectivity index (χ1n) is 12.6. The van der Waals surface area contributed by atoms with E-state index in [-0.39, 0.29) is 12.5 Å². The minimum absolute atomic E-state index is 0.0228. The van der Waals surface area contributed by atoms with Crippen molar-refractivity contribution in [3.63, 3.8) is 0 Å². The molecule has 6 nitrogen and oxygen atoms in total. The summed E-state index contributed by atoms with van der Waals surface area (Å²) in [7, 11) is 0. The molecule has 0 heterocycles. The van der Waals surface area contributed by atoms with Gasteiger partial charge in [-0.2, -0.15) is 0 Å². The number of hydrogen-bond acceptors (Lipinski definition) is 5. The first-order valence-corrected chi connectivity index (χ1v) is 12.6. The molecule has 2 aromatic carbocycles. The van der Waals surface area contributed by atoms with E-state index < -0.39 is 0 Å². The molecule has 34 heavy (non-hydrogen) atoms. The second kappa shape index (κ2) is 13.1. The average molecular weight is 465 g/mol. The number of hydrogen-bond donors (Lipinski definition) is 1. The summed E-state index contributed by atoms with van der Waals surface area (Å²) < 4.78 is 11.7. The molecule has 2 bridgehead atoms. The van der Waals surface area contributed by atoms with Crippen LogP contribution in [0, 0.1) is 11.8 Å². The molecule has 3 saturated carbocycles. The van der Waals surface area contributed by atoms with Gasteiger partial charge in [0, 0.05) is 18.3 Å². The monoisotopic (exact) mass is 464 g/mol. The fraction of sp³-hybridized carbons (Fsp3) is 0.500. The number of nitrogens with zero attached hydrogens (tertiary/aromatic N) is 1. The van der Waals surface area contributed by atoms with E-state index in [4.69, 9.17) is 14.3 Å². The van der Waals surface area contributed by atoms with E-state index in [0.29, 0.717) is 18.5 Å². The van der Waals surface area contributed by atoms with Crippen LogP contribution in [0.3, 0.4) is 0 Å². The quantitative estimate of drug-likeness (QED) is 0.237. The van der Waals surface area contributed by atoms with Crippen LogP contribution in [0.2, 0.25) is 0 Å². The highest BCUT2D eigenvalue weighted by Gasteiger charge is 2.35. The van der Waals surface area contributed by atoms with Crippen molar-refractivity contribution in [2.24, 2.45) is 17.0 Å². The van der Waals surface area contributed by atoms with Crippen LogP contribution in [0.25, 0.3) is 0 Å². The summed E-state index contributed by atoms with van der Waals surface area (Å²) >= 11 is 0. The zero-order chi connectivity index (χ0) is 23.4. The van der Waals surface area contributed by atoms with Gasteiger partial charge in [-0.3, -0.25) is 4.79 Å². The Labute approximate surface area is 202 Å². The number of amides is 1. The fourth-order valence-corrected chi connectivity index (χ4v) is 4.89. The number of fused-ring (bicyclic) bond motifs is 3. The predicted octanol–water partition coefficient (Wildman–Crippen LogP) is 5.62. The van der Waals surface area contributed by atoms with Crippen LogP contribution in [0.5, 0.6) is 5.75 Å². The van der Waals surface area contributed by atoms with E-state index in [0.717, 1.165) is 43.4 Å². The lowest BCUT2D eigenvalue weighted by atomic mass is 9.69. The van der Waals surface area contributed by atoms with Crippen molar-refractivity contribution in [2.45, 2.75) is 57.5 Å². The van der Waals surface area contributed by atoms with Crippen LogP contribution >= 0.6 is 0 Å². The van der Waals surface area contributed by atoms with Crippen LogP contribution < -0.4 is 10.1 Å². The van der Waals surface area contributed by atoms with Gasteiger partial charge in [0.1, 0.15) is 12.4 Å². The highest BCUT2D eigenvalue weighted by molar-refractivity contribution is 5.91. The third-order valence-electron chi connectivity index (χ3n) is 6.76. The molecule has 0 saturated heterocycles. The maximum absolute atomic E-state index is 12.0. The van der Waals surface area contributed by atoms with Crippen molar-refractivity contribution < 1.29 is 19.1 Å². The largest absolute Gasteiger partial charge is 0.484 e. The number of para-hydroxylation sites is 1. The molecule has 1 unspecified atom stereocenters. The molecule has 1 amide bonds. The molecular weight excluding hydrogens is 428 g/mol. The van der Waals surface area contributed by atoms with Gasteiger partial charge in [0.05, 0.1) is 12.7 Å². The third-order valence-corrected chi connectivity index (χ3v) is 6.76. The van der Waals surface area contributed by atoms with Crippen molar-refractivity contribution in [3.8, 4) is 5.75 Å². The Morgan fingerprint density at radius 3 is 2.53 bits per heavy atom. The van der Waals surface area contributed by atoms with Gasteiger partial charge in [-0.25, -0.2) is 0 Å². The molecule has 3 aliphatic carbocycles. The molecule has 3 aliphatic rings. The second-order valence-electron chi connectivity index (χ2n) is 9.29. The van der Waals surface area contributed by atoms with Gasteiger partial charge >= 0.3 is 0 Å². The lowest BCUT2D eigenvalue weighted by molar-refractivity contribution is -0.118. The number of anilines is 1. The maximum Gasteiger partial charge on any atom is 0.262 e. The molecule has 0 radical (unpaired) electrons. The van der Waals surface area contributed by atoms with E-state index in [9.17, 15) is 4.79 Å². The molecule has 0 spiro atoms. The van der Waals surface area contributed by atoms with E-state index in [1.807, 2.05) is 60.8 Å². The van der Waals surface area contributed by atoms with Gasteiger partial charge in [0.25, 0.3) is 5.91 Å². The topological polar surface area (TPSA) is 69.2 Å². The van der Waals surface area contributed by atoms with Crippen molar-refractivity contribution in [2.75, 3.05) is 25.1 Å². The van der Waals surface area contributed by atoms with Crippen LogP contribution in [0.15, 0.2) is 59.8 Å². The highest BCUT2D eigenvalue weighted by Crippen LogP contribution is 2.42. The fourth-order valence-electron chi connectivity index (χ4n) is 4.89. The number of oxime groups is 1. The van der Waals surface area contributed by atoms with Crippen LogP contribution in [0.4, 0.5) is 5.69 Å². The van der Waals surface area contributed by atoms with Gasteiger partial charge in [-0.05, 0) is 86.6 Å². The Morgan fingerprint density at radius 2 is 1.79 bits per heavy atom. The van der Waals surface area contributed by atoms with Crippen LogP contribution in [0.1, 0.15) is 50.5 Å². The molecular formula is C28H36N2O4. The van der Waals surface area contributed by atoms with Gasteiger partial charge in [0.2, 0.25) is 0 Å². The smallest absolute Gasteiger partial charge is 0.262 e. The lowest BCUT2D eigenvalue weighted by Gasteiger charge is -2.42. The molecule has 0 aliphatic heterocycles. The standard InChI is InChI=1S/C28H36N2O4/c31-28(30-25-7-2-1-3-8-25)21-33-26-15-11-22(12-16-26)6-4-17-29-34-19-5-18-32-27-20-23-9-13-24(27)14-10-23/h1-3,7-8,11-12,15-17,23-24,27H,4-6,9-10,13-14,18-21H2,(H,30,31). The second-order valence-corrected chi connectivity index (χ2v) is 9.29. The maximum atomic E-state index is 12.0. The Balaban J connectivity index is 1.02. The first kappa shape index (κ1) is 24.3. The minimum atomic E-state index is -0.181. The molecule has 1 atom stereocenters. The van der Waals surface area contributed by atoms with E-state index in [1.54, 1.807) is 0 Å². The highest BCUT2D eigenvalue weighted by atomic mass is 16.6. The molecule has 5 rings (SSSR count). The van der Waals surface area contributed by atoms with E-state index in [2.05, 4.69) is 10.5 Å². The Morgan fingerprint density at radius 1 is 1.00 bits per heavy atom. The molecule has 1 N–H and O–H groups in total. The van der Waals surface area contributed by atoms with Gasteiger partial charge < -0.3 is 19.6 Å². The molecule has 6 heteroatoms. The normalized spacial score (nSPS) is 21.5. The summed E-state index contributed by atoms with van der Waals surface area (Å²) in [5.74, 6) is 2.20. The predicted molar refractivity (Wildman–Crippen MR) is 134 cm³/mol. The molecule has 182 valence electrons. The number of benzene rings is 2. The zero-order valence-corrected chi connectivity index (χ0v) is 19.9. The number of carbonyl (C=O) groups excluding carboxylic acids is 1. The average Bonchev–Trinajstić information content (AvgIpc) is 2.88. The van der Waals surface area contributed by atoms with Gasteiger partial charge in [0.15, 0.2) is 6.61 Å². The first-order chi connectivity index (χ1) is 16.8. The van der Waals surface area contributed by atoms with E-state index in [1.165, 1.54) is 37.7 Å². The number of rotatable bonds is 13. The van der Waals surface area contributed by atoms with Crippen molar-refractivity contribution >= 4 is 17.8 Å². The number of aryl methyl sites for hydroxylation is 1. The lowest BCUT2D eigenvalue weighted by Crippen LogP contribution is -2.37. The molecule has 3 fully saturated rings. The molecule has 0 aromatic heterocycles. The van der Waals surface area contributed by atoms with Crippen LogP contribution in [-0.4, -0.2) is 38.0 Å². The SMILES string of the molecule is O=C(COc1ccc(CCC=NOCCCOC2CC3CCC2CC3)cc1)Nc1ccccc1. The van der Waals surface area contributed by atoms with Crippen molar-refractivity contribution in [1.82, 2.24) is 0 Å². The zero-order valence-electron chi connectivity index (χ0n) is 19.9. The number of ether oxygens (including phenoxy) is 2. The Kier molecular flexibility index (Phi) is 9.38. The van der Waals surface area contributed by atoms with E-state index >= 15 is 0 Å². The molecule has 2 aromatic rings. The Hall–Kier alpha value is -2.86. The summed E-state index contributed by atoms with van der Waals surface area (Å²) in [6.07, 6.45) is 11.7. The summed E-state index contributed by atoms with van der Waals surface area (Å²) in [6, 6.07) is 17.1. The summed E-state index contributed by atoms with van der Waals surface area (Å²) in [5.41, 5.74) is 1.94. The van der Waals surface area contributed by atoms with Gasteiger partial charge in [-0.15, -0.1) is 0 Å². The number of nitrogens with one attached hydrogen (secondary N) is 1. The third kappa shape index (κ3) is 7.87. The summed E-state index contributed by atoms with van der Waals surface area (Å²) in [4.78, 5) is 17.3. The van der Waals surface area contributed by atoms with Crippen LogP contribution in [-0.2, 0) is 20.8 Å². The van der Waals surface area contributed by atoms with Crippen molar-refractivity contribution in [3.05, 3.63) is 60.2 Å². The Bertz CT molecular complexity index is 892. The number of carbonyl (C=O) groups is 1. The minimum Gasteiger partial charge on any atom is -0.484 e. The summed E-state index contributed by atoms with van der Waals surface area (Å²) in [6.45, 7) is 1.35. The summed E-state index contributed by atoms with van der Waals surface area (Å²) in [5, 5.41) is 6.86. The van der Waals surface area contributed by atoms with Gasteiger partial charge in [-0.1, -0.05) is 35.5 Å². The van der Waals surface area contributed by atoms with Crippen molar-refractivity contribution in [1.29, 1.82) is 0 Å².